The molecule has 1 fully saturated rings. The quantitative estimate of drug-likeness (QED) is 0.297. The Bertz CT molecular complexity index is 642. The molecule has 1 N–H and O–H groups in total. The Morgan fingerprint density at radius 1 is 1.50 bits per heavy atom. The molecule has 1 aliphatic rings. The van der Waals surface area contributed by atoms with Crippen LogP contribution >= 0.6 is 12.2 Å². The predicted molar refractivity (Wildman–Crippen MR) is 74.8 cm³/mol. The summed E-state index contributed by atoms with van der Waals surface area (Å²) in [6.45, 7) is 3.67. The molecule has 0 unspecified atom stereocenters. The molecule has 0 radical (unpaired) electrons. The number of carbonyl (C=O) groups is 2. The highest BCUT2D eigenvalue weighted by atomic mass is 32.1. The zero-order valence-corrected chi connectivity index (χ0v) is 11.1. The molecule has 20 heavy (non-hydrogen) atoms. The standard InChI is InChI=1S/C13H10FN3O2S/c1-2-6-17-12(19)9(11(18)16-13(17)20)7-8-4-3-5-15-10(8)14/h2-5,7H,1,6H2,(H,16,18,20)/b9-7+. The molecular weight excluding hydrogens is 281 g/mol. The van der Waals surface area contributed by atoms with Crippen molar-refractivity contribution < 1.29 is 14.0 Å². The molecular formula is C13H10FN3O2S. The Labute approximate surface area is 119 Å². The highest BCUT2D eigenvalue weighted by Gasteiger charge is 2.32. The summed E-state index contributed by atoms with van der Waals surface area (Å²) in [5.41, 5.74) is -0.148. The first-order chi connectivity index (χ1) is 9.54. The molecule has 2 amide bonds. The van der Waals surface area contributed by atoms with Crippen LogP contribution in [0.3, 0.4) is 0 Å². The zero-order chi connectivity index (χ0) is 14.7. The predicted octanol–water partition coefficient (Wildman–Crippen LogP) is 1.03. The van der Waals surface area contributed by atoms with E-state index in [0.717, 1.165) is 6.08 Å². The second kappa shape index (κ2) is 5.70. The Morgan fingerprint density at radius 2 is 2.25 bits per heavy atom. The van der Waals surface area contributed by atoms with Crippen LogP contribution in [0, 0.1) is 5.95 Å². The first-order valence-electron chi connectivity index (χ1n) is 5.65. The van der Waals surface area contributed by atoms with Gasteiger partial charge in [-0.05, 0) is 30.4 Å². The van der Waals surface area contributed by atoms with Crippen LogP contribution in [0.1, 0.15) is 5.56 Å². The third kappa shape index (κ3) is 2.62. The van der Waals surface area contributed by atoms with Crippen LogP contribution in [-0.4, -0.2) is 33.4 Å². The van der Waals surface area contributed by atoms with E-state index in [1.807, 2.05) is 0 Å². The molecule has 0 aliphatic carbocycles. The maximum Gasteiger partial charge on any atom is 0.265 e. The number of rotatable bonds is 3. The van der Waals surface area contributed by atoms with E-state index >= 15 is 0 Å². The summed E-state index contributed by atoms with van der Waals surface area (Å²) >= 11 is 4.90. The normalized spacial score (nSPS) is 17.4. The third-order valence-corrected chi connectivity index (χ3v) is 2.91. The lowest BCUT2D eigenvalue weighted by atomic mass is 10.1. The number of thiocarbonyl (C=S) groups is 1. The SMILES string of the molecule is C=CCN1C(=O)/C(=C/c2cccnc2F)C(=O)NC1=S. The van der Waals surface area contributed by atoms with E-state index in [1.54, 1.807) is 0 Å². The average molecular weight is 291 g/mol. The molecule has 5 nitrogen and oxygen atoms in total. The van der Waals surface area contributed by atoms with Gasteiger partial charge >= 0.3 is 0 Å². The lowest BCUT2D eigenvalue weighted by Crippen LogP contribution is -2.53. The number of aromatic nitrogens is 1. The maximum absolute atomic E-state index is 13.5. The van der Waals surface area contributed by atoms with Gasteiger partial charge in [-0.3, -0.25) is 19.8 Å². The summed E-state index contributed by atoms with van der Waals surface area (Å²) in [6.07, 6.45) is 3.90. The lowest BCUT2D eigenvalue weighted by molar-refractivity contribution is -0.128. The van der Waals surface area contributed by atoms with Crippen LogP contribution in [0.15, 0.2) is 36.6 Å². The van der Waals surface area contributed by atoms with Crippen LogP contribution in [-0.2, 0) is 9.59 Å². The summed E-state index contributed by atoms with van der Waals surface area (Å²) in [5, 5.41) is 2.38. The van der Waals surface area contributed by atoms with Crippen molar-refractivity contribution >= 4 is 35.2 Å². The first kappa shape index (κ1) is 14.0. The van der Waals surface area contributed by atoms with E-state index in [0.29, 0.717) is 0 Å². The van der Waals surface area contributed by atoms with Gasteiger partial charge in [0.1, 0.15) is 5.57 Å². The summed E-state index contributed by atoms with van der Waals surface area (Å²) in [4.78, 5) is 28.6. The van der Waals surface area contributed by atoms with Gasteiger partial charge in [-0.1, -0.05) is 6.08 Å². The zero-order valence-electron chi connectivity index (χ0n) is 10.3. The molecule has 7 heteroatoms. The number of amides is 2. The van der Waals surface area contributed by atoms with E-state index < -0.39 is 17.8 Å². The minimum absolute atomic E-state index is 0.00343. The van der Waals surface area contributed by atoms with Crippen LogP contribution in [0.4, 0.5) is 4.39 Å². The van der Waals surface area contributed by atoms with Gasteiger partial charge in [0, 0.05) is 18.3 Å². The molecule has 2 heterocycles. The fourth-order valence-corrected chi connectivity index (χ4v) is 1.90. The Balaban J connectivity index is 2.42. The van der Waals surface area contributed by atoms with E-state index in [9.17, 15) is 14.0 Å². The number of nitrogens with one attached hydrogen (secondary N) is 1. The Morgan fingerprint density at radius 3 is 2.90 bits per heavy atom. The average Bonchev–Trinajstić information content (AvgIpc) is 2.41. The van der Waals surface area contributed by atoms with Crippen LogP contribution < -0.4 is 5.32 Å². The highest BCUT2D eigenvalue weighted by Crippen LogP contribution is 2.15. The second-order valence-electron chi connectivity index (χ2n) is 3.91. The van der Waals surface area contributed by atoms with Crippen molar-refractivity contribution in [3.05, 3.63) is 48.1 Å². The first-order valence-corrected chi connectivity index (χ1v) is 6.05. The number of pyridine rings is 1. The fourth-order valence-electron chi connectivity index (χ4n) is 1.65. The second-order valence-corrected chi connectivity index (χ2v) is 4.29. The van der Waals surface area contributed by atoms with Gasteiger partial charge < -0.3 is 0 Å². The van der Waals surface area contributed by atoms with Crippen molar-refractivity contribution in [2.75, 3.05) is 6.54 Å². The number of hydrogen-bond donors (Lipinski definition) is 1. The van der Waals surface area contributed by atoms with Gasteiger partial charge in [0.05, 0.1) is 0 Å². The maximum atomic E-state index is 13.5. The third-order valence-electron chi connectivity index (χ3n) is 2.59. The molecule has 1 saturated heterocycles. The van der Waals surface area contributed by atoms with Gasteiger partial charge in [-0.25, -0.2) is 4.98 Å². The van der Waals surface area contributed by atoms with Crippen molar-refractivity contribution in [3.8, 4) is 0 Å². The molecule has 1 aromatic heterocycles. The van der Waals surface area contributed by atoms with Crippen molar-refractivity contribution in [2.24, 2.45) is 0 Å². The number of nitrogens with zero attached hydrogens (tertiary/aromatic N) is 2. The number of hydrogen-bond acceptors (Lipinski definition) is 4. The molecule has 0 saturated carbocycles. The van der Waals surface area contributed by atoms with Crippen LogP contribution in [0.25, 0.3) is 6.08 Å². The van der Waals surface area contributed by atoms with Gasteiger partial charge in [-0.2, -0.15) is 4.39 Å². The fraction of sp³-hybridized carbons (Fsp3) is 0.0769. The van der Waals surface area contributed by atoms with Crippen LogP contribution in [0.2, 0.25) is 0 Å². The van der Waals surface area contributed by atoms with Crippen molar-refractivity contribution in [3.63, 3.8) is 0 Å². The molecule has 1 aromatic rings. The van der Waals surface area contributed by atoms with Gasteiger partial charge in [0.15, 0.2) is 5.11 Å². The molecule has 1 aliphatic heterocycles. The van der Waals surface area contributed by atoms with E-state index in [2.05, 4.69) is 16.9 Å². The molecule has 2 rings (SSSR count). The van der Waals surface area contributed by atoms with E-state index in [1.165, 1.54) is 29.3 Å². The molecule has 0 atom stereocenters. The number of carbonyl (C=O) groups excluding carboxylic acids is 2. The van der Waals surface area contributed by atoms with Gasteiger partial charge in [-0.15, -0.1) is 6.58 Å². The van der Waals surface area contributed by atoms with Gasteiger partial charge in [0.25, 0.3) is 11.8 Å². The van der Waals surface area contributed by atoms with Crippen LogP contribution in [0.5, 0.6) is 0 Å². The Hall–Kier alpha value is -2.41. The van der Waals surface area contributed by atoms with Gasteiger partial charge in [0.2, 0.25) is 5.95 Å². The van der Waals surface area contributed by atoms with E-state index in [-0.39, 0.29) is 22.8 Å². The molecule has 102 valence electrons. The van der Waals surface area contributed by atoms with E-state index in [4.69, 9.17) is 12.2 Å². The summed E-state index contributed by atoms with van der Waals surface area (Å²) in [7, 11) is 0. The minimum Gasteiger partial charge on any atom is -0.298 e. The topological polar surface area (TPSA) is 62.3 Å². The summed E-state index contributed by atoms with van der Waals surface area (Å²) < 4.78 is 13.5. The largest absolute Gasteiger partial charge is 0.298 e. The monoisotopic (exact) mass is 291 g/mol. The summed E-state index contributed by atoms with van der Waals surface area (Å²) in [6, 6.07) is 2.92. The summed E-state index contributed by atoms with van der Waals surface area (Å²) in [5.74, 6) is -2.02. The smallest absolute Gasteiger partial charge is 0.265 e. The van der Waals surface area contributed by atoms with Crippen molar-refractivity contribution in [1.82, 2.24) is 15.2 Å². The number of halogens is 1. The van der Waals surface area contributed by atoms with Crippen molar-refractivity contribution in [1.29, 1.82) is 0 Å². The molecule has 0 aromatic carbocycles. The lowest BCUT2D eigenvalue weighted by Gasteiger charge is -2.27. The van der Waals surface area contributed by atoms with Crippen molar-refractivity contribution in [2.45, 2.75) is 0 Å². The highest BCUT2D eigenvalue weighted by molar-refractivity contribution is 7.80. The molecule has 0 spiro atoms. The molecule has 0 bridgehead atoms. The Kier molecular flexibility index (Phi) is 3.99. The minimum atomic E-state index is -0.760.